The van der Waals surface area contributed by atoms with E-state index in [0.29, 0.717) is 12.2 Å². The summed E-state index contributed by atoms with van der Waals surface area (Å²) in [6.45, 7) is 3.98. The van der Waals surface area contributed by atoms with Crippen LogP contribution in [0.1, 0.15) is 49.8 Å². The number of aryl methyl sites for hydroxylation is 1. The quantitative estimate of drug-likeness (QED) is 0.464. The molecule has 1 heterocycles. The van der Waals surface area contributed by atoms with Crippen molar-refractivity contribution in [1.82, 2.24) is 4.31 Å². The summed E-state index contributed by atoms with van der Waals surface area (Å²) in [5.41, 5.74) is 1.77. The number of carbonyl (C=O) groups is 1. The van der Waals surface area contributed by atoms with Crippen LogP contribution in [0.2, 0.25) is 0 Å². The van der Waals surface area contributed by atoms with Gasteiger partial charge in [-0.3, -0.25) is 4.79 Å². The number of carboxylic acid groups (broad SMARTS) is 1. The van der Waals surface area contributed by atoms with Gasteiger partial charge in [0.25, 0.3) is 0 Å². The zero-order valence-electron chi connectivity index (χ0n) is 19.4. The second kappa shape index (κ2) is 11.4. The number of rotatable bonds is 10. The highest BCUT2D eigenvalue weighted by atomic mass is 32.2. The number of ether oxygens (including phenoxy) is 1. The normalized spacial score (nSPS) is 21.6. The van der Waals surface area contributed by atoms with Crippen molar-refractivity contribution in [3.63, 3.8) is 0 Å². The molecule has 0 radical (unpaired) electrons. The number of unbranched alkanes of at least 4 members (excludes halogenated alkanes) is 2. The summed E-state index contributed by atoms with van der Waals surface area (Å²) in [6, 6.07) is 13.7. The molecule has 0 amide bonds. The van der Waals surface area contributed by atoms with Crippen molar-refractivity contribution < 1.29 is 23.1 Å². The molecule has 1 fully saturated rings. The van der Waals surface area contributed by atoms with Crippen molar-refractivity contribution in [2.75, 3.05) is 19.4 Å². The SMILES string of the molecule is CCCCCS[C@@H]1C[C@@H](c2cccc(OC)c2)N(S(=O)(=O)c2ccc(C)cc2)C[C@H]1C(=O)O. The van der Waals surface area contributed by atoms with E-state index >= 15 is 0 Å². The molecule has 1 aliphatic rings. The second-order valence-electron chi connectivity index (χ2n) is 8.48. The first-order chi connectivity index (χ1) is 15.8. The first kappa shape index (κ1) is 25.6. The van der Waals surface area contributed by atoms with Gasteiger partial charge in [-0.1, -0.05) is 49.6 Å². The number of hydrogen-bond donors (Lipinski definition) is 1. The van der Waals surface area contributed by atoms with Crippen LogP contribution in [0, 0.1) is 12.8 Å². The van der Waals surface area contributed by atoms with Crippen LogP contribution in [0.5, 0.6) is 5.75 Å². The molecule has 0 unspecified atom stereocenters. The van der Waals surface area contributed by atoms with Crippen LogP contribution >= 0.6 is 11.8 Å². The molecule has 8 heteroatoms. The lowest BCUT2D eigenvalue weighted by molar-refractivity contribution is -0.143. The molecular formula is C25H33NO5S2. The van der Waals surface area contributed by atoms with E-state index in [4.69, 9.17) is 4.74 Å². The van der Waals surface area contributed by atoms with Crippen LogP contribution in [-0.2, 0) is 14.8 Å². The third-order valence-electron chi connectivity index (χ3n) is 6.13. The van der Waals surface area contributed by atoms with Crippen LogP contribution in [0.15, 0.2) is 53.4 Å². The van der Waals surface area contributed by atoms with E-state index in [-0.39, 0.29) is 16.7 Å². The van der Waals surface area contributed by atoms with Crippen molar-refractivity contribution in [3.05, 3.63) is 59.7 Å². The Bertz CT molecular complexity index is 1040. The molecule has 0 aromatic heterocycles. The predicted octanol–water partition coefficient (Wildman–Crippen LogP) is 5.13. The number of hydrogen-bond acceptors (Lipinski definition) is 5. The maximum Gasteiger partial charge on any atom is 0.308 e. The van der Waals surface area contributed by atoms with Gasteiger partial charge < -0.3 is 9.84 Å². The number of thioether (sulfide) groups is 1. The van der Waals surface area contributed by atoms with E-state index in [0.717, 1.165) is 36.1 Å². The first-order valence-corrected chi connectivity index (χ1v) is 13.8. The maximum absolute atomic E-state index is 13.7. The van der Waals surface area contributed by atoms with Gasteiger partial charge in [0.2, 0.25) is 10.0 Å². The molecule has 1 aliphatic heterocycles. The van der Waals surface area contributed by atoms with Crippen molar-refractivity contribution in [3.8, 4) is 5.75 Å². The number of nitrogens with zero attached hydrogens (tertiary/aromatic N) is 1. The summed E-state index contributed by atoms with van der Waals surface area (Å²) in [6.07, 6.45) is 3.67. The van der Waals surface area contributed by atoms with Crippen molar-refractivity contribution in [1.29, 1.82) is 0 Å². The van der Waals surface area contributed by atoms with Gasteiger partial charge in [-0.15, -0.1) is 0 Å². The van der Waals surface area contributed by atoms with E-state index in [1.807, 2.05) is 31.2 Å². The molecule has 2 aromatic carbocycles. The minimum atomic E-state index is -3.89. The highest BCUT2D eigenvalue weighted by Crippen LogP contribution is 2.43. The molecule has 3 rings (SSSR count). The minimum absolute atomic E-state index is 0.0567. The lowest BCUT2D eigenvalue weighted by Gasteiger charge is -2.42. The molecule has 33 heavy (non-hydrogen) atoms. The topological polar surface area (TPSA) is 83.9 Å². The Morgan fingerprint density at radius 3 is 2.55 bits per heavy atom. The van der Waals surface area contributed by atoms with E-state index in [9.17, 15) is 18.3 Å². The fourth-order valence-corrected chi connectivity index (χ4v) is 7.29. The number of piperidine rings is 1. The molecule has 1 N–H and O–H groups in total. The summed E-state index contributed by atoms with van der Waals surface area (Å²) in [4.78, 5) is 12.4. The van der Waals surface area contributed by atoms with E-state index in [1.54, 1.807) is 43.1 Å². The summed E-state index contributed by atoms with van der Waals surface area (Å²) in [7, 11) is -2.32. The van der Waals surface area contributed by atoms with Crippen molar-refractivity contribution in [2.45, 2.75) is 55.7 Å². The Balaban J connectivity index is 2.00. The molecule has 6 nitrogen and oxygen atoms in total. The average molecular weight is 492 g/mol. The van der Waals surface area contributed by atoms with Crippen LogP contribution in [0.25, 0.3) is 0 Å². The van der Waals surface area contributed by atoms with Gasteiger partial charge >= 0.3 is 5.97 Å². The predicted molar refractivity (Wildman–Crippen MR) is 132 cm³/mol. The summed E-state index contributed by atoms with van der Waals surface area (Å²) in [5, 5.41) is 9.82. The summed E-state index contributed by atoms with van der Waals surface area (Å²) < 4.78 is 34.2. The van der Waals surface area contributed by atoms with E-state index in [2.05, 4.69) is 6.92 Å². The molecule has 3 atom stereocenters. The Morgan fingerprint density at radius 2 is 1.91 bits per heavy atom. The van der Waals surface area contributed by atoms with Crippen LogP contribution in [-0.4, -0.2) is 48.5 Å². The molecule has 0 spiro atoms. The fourth-order valence-electron chi connectivity index (χ4n) is 4.21. The van der Waals surface area contributed by atoms with E-state index in [1.165, 1.54) is 4.31 Å². The average Bonchev–Trinajstić information content (AvgIpc) is 2.81. The molecular weight excluding hydrogens is 458 g/mol. The zero-order chi connectivity index (χ0) is 24.0. The van der Waals surface area contributed by atoms with Gasteiger partial charge in [0.05, 0.1) is 24.0 Å². The van der Waals surface area contributed by atoms with Crippen molar-refractivity contribution in [2.24, 2.45) is 5.92 Å². The molecule has 0 saturated carbocycles. The molecule has 1 saturated heterocycles. The zero-order valence-corrected chi connectivity index (χ0v) is 21.1. The number of sulfonamides is 1. The fraction of sp³-hybridized carbons (Fsp3) is 0.480. The van der Waals surface area contributed by atoms with Crippen molar-refractivity contribution >= 4 is 27.8 Å². The first-order valence-electron chi connectivity index (χ1n) is 11.3. The lowest BCUT2D eigenvalue weighted by atomic mass is 9.90. The summed E-state index contributed by atoms with van der Waals surface area (Å²) in [5.74, 6) is -0.194. The van der Waals surface area contributed by atoms with Crippen LogP contribution in [0.4, 0.5) is 0 Å². The Labute approximate surface area is 201 Å². The number of methoxy groups -OCH3 is 1. The van der Waals surface area contributed by atoms with Gasteiger partial charge in [-0.25, -0.2) is 8.42 Å². The number of benzene rings is 2. The van der Waals surface area contributed by atoms with Gasteiger partial charge in [-0.2, -0.15) is 16.1 Å². The van der Waals surface area contributed by atoms with Gasteiger partial charge in [0.15, 0.2) is 0 Å². The maximum atomic E-state index is 13.7. The molecule has 0 aliphatic carbocycles. The molecule has 2 aromatic rings. The summed E-state index contributed by atoms with van der Waals surface area (Å²) >= 11 is 1.66. The highest BCUT2D eigenvalue weighted by molar-refractivity contribution is 7.99. The van der Waals surface area contributed by atoms with Gasteiger partial charge in [-0.05, 0) is 55.3 Å². The standard InChI is InChI=1S/C25H33NO5S2/c1-4-5-6-14-32-24-16-23(19-8-7-9-20(15-19)31-3)26(17-22(24)25(27)28)33(29,30)21-12-10-18(2)11-13-21/h7-13,15,22-24H,4-6,14,16-17H2,1-3H3,(H,27,28)/t22-,23+,24-/m1/s1. The minimum Gasteiger partial charge on any atom is -0.497 e. The smallest absolute Gasteiger partial charge is 0.308 e. The molecule has 0 bridgehead atoms. The van der Waals surface area contributed by atoms with Crippen LogP contribution < -0.4 is 4.74 Å². The van der Waals surface area contributed by atoms with E-state index < -0.39 is 28.0 Å². The van der Waals surface area contributed by atoms with Gasteiger partial charge in [0, 0.05) is 11.8 Å². The Kier molecular flexibility index (Phi) is 8.84. The lowest BCUT2D eigenvalue weighted by Crippen LogP contribution is -2.49. The monoisotopic (exact) mass is 491 g/mol. The largest absolute Gasteiger partial charge is 0.497 e. The van der Waals surface area contributed by atoms with Gasteiger partial charge in [0.1, 0.15) is 5.75 Å². The Hall–Kier alpha value is -2.03. The Morgan fingerprint density at radius 1 is 1.18 bits per heavy atom. The highest BCUT2D eigenvalue weighted by Gasteiger charge is 2.45. The molecule has 180 valence electrons. The van der Waals surface area contributed by atoms with Crippen LogP contribution in [0.3, 0.4) is 0 Å². The number of carboxylic acids is 1. The second-order valence-corrected chi connectivity index (χ2v) is 11.7. The third kappa shape index (κ3) is 6.11. The third-order valence-corrected chi connectivity index (χ3v) is 9.49. The number of aliphatic carboxylic acids is 1.